The summed E-state index contributed by atoms with van der Waals surface area (Å²) in [5.74, 6) is 1.17. The smallest absolute Gasteiger partial charge is 0.327 e. The third-order valence-corrected chi connectivity index (χ3v) is 2.62. The van der Waals surface area contributed by atoms with E-state index in [2.05, 4.69) is 0 Å². The molecule has 1 aliphatic rings. The van der Waals surface area contributed by atoms with Crippen LogP contribution in [0.25, 0.3) is 0 Å². The zero-order valence-electron chi connectivity index (χ0n) is 10.0. The highest BCUT2D eigenvalue weighted by atomic mass is 16.7. The van der Waals surface area contributed by atoms with Crippen molar-refractivity contribution in [3.8, 4) is 17.2 Å². The number of hydrogen-bond donors (Lipinski definition) is 1. The zero-order chi connectivity index (χ0) is 13.0. The first-order valence-electron chi connectivity index (χ1n) is 5.56. The lowest BCUT2D eigenvalue weighted by Gasteiger charge is -2.08. The van der Waals surface area contributed by atoms with Crippen molar-refractivity contribution in [3.63, 3.8) is 0 Å². The number of aliphatic carboxylic acids is 1. The van der Waals surface area contributed by atoms with E-state index in [-0.39, 0.29) is 6.79 Å². The third-order valence-electron chi connectivity index (χ3n) is 2.62. The molecule has 18 heavy (non-hydrogen) atoms. The predicted molar refractivity (Wildman–Crippen MR) is 64.2 cm³/mol. The molecular weight excluding hydrogens is 236 g/mol. The molecule has 1 aliphatic heterocycles. The molecule has 0 unspecified atom stereocenters. The summed E-state index contributed by atoms with van der Waals surface area (Å²) in [5.41, 5.74) is 0.969. The standard InChI is InChI=1S/C13H14O5/c1-16-10-7-12-11(17-8-18-12)6-9(10)4-2-3-5-13(14)15/h3,5-7H,2,4,8H2,1H3,(H,14,15). The molecule has 1 aromatic carbocycles. The van der Waals surface area contributed by atoms with Crippen molar-refractivity contribution < 1.29 is 24.1 Å². The molecule has 0 aromatic heterocycles. The van der Waals surface area contributed by atoms with Gasteiger partial charge in [0.25, 0.3) is 0 Å². The van der Waals surface area contributed by atoms with Gasteiger partial charge in [-0.2, -0.15) is 0 Å². The van der Waals surface area contributed by atoms with Crippen LogP contribution in [0.15, 0.2) is 24.3 Å². The minimum absolute atomic E-state index is 0.223. The molecule has 0 bridgehead atoms. The van der Waals surface area contributed by atoms with Crippen molar-refractivity contribution in [1.82, 2.24) is 0 Å². The second kappa shape index (κ2) is 5.44. The first-order chi connectivity index (χ1) is 8.70. The summed E-state index contributed by atoms with van der Waals surface area (Å²) >= 11 is 0. The summed E-state index contributed by atoms with van der Waals surface area (Å²) in [5, 5.41) is 8.49. The molecule has 2 rings (SSSR count). The van der Waals surface area contributed by atoms with Crippen molar-refractivity contribution in [2.45, 2.75) is 12.8 Å². The summed E-state index contributed by atoms with van der Waals surface area (Å²) in [6, 6.07) is 3.66. The van der Waals surface area contributed by atoms with E-state index in [9.17, 15) is 4.79 Å². The number of rotatable bonds is 5. The van der Waals surface area contributed by atoms with Crippen LogP contribution in [0.5, 0.6) is 17.2 Å². The fraction of sp³-hybridized carbons (Fsp3) is 0.308. The fourth-order valence-electron chi connectivity index (χ4n) is 1.77. The SMILES string of the molecule is COc1cc2c(cc1CCC=CC(=O)O)OCO2. The second-order valence-electron chi connectivity index (χ2n) is 3.80. The van der Waals surface area contributed by atoms with Gasteiger partial charge in [-0.3, -0.25) is 0 Å². The summed E-state index contributed by atoms with van der Waals surface area (Å²) in [6.07, 6.45) is 4.07. The van der Waals surface area contributed by atoms with Gasteiger partial charge < -0.3 is 19.3 Å². The van der Waals surface area contributed by atoms with E-state index in [0.717, 1.165) is 17.4 Å². The zero-order valence-corrected chi connectivity index (χ0v) is 10.0. The maximum Gasteiger partial charge on any atom is 0.327 e. The number of fused-ring (bicyclic) bond motifs is 1. The van der Waals surface area contributed by atoms with Crippen LogP contribution >= 0.6 is 0 Å². The quantitative estimate of drug-likeness (QED) is 0.810. The van der Waals surface area contributed by atoms with Crippen LogP contribution in [-0.4, -0.2) is 25.0 Å². The van der Waals surface area contributed by atoms with Gasteiger partial charge in [-0.05, 0) is 24.5 Å². The Bertz CT molecular complexity index is 479. The molecule has 1 N–H and O–H groups in total. The molecule has 0 amide bonds. The van der Waals surface area contributed by atoms with Crippen molar-refractivity contribution in [1.29, 1.82) is 0 Å². The highest BCUT2D eigenvalue weighted by molar-refractivity contribution is 5.79. The van der Waals surface area contributed by atoms with Crippen LogP contribution in [0.1, 0.15) is 12.0 Å². The van der Waals surface area contributed by atoms with Crippen LogP contribution in [0.3, 0.4) is 0 Å². The Morgan fingerprint density at radius 3 is 2.83 bits per heavy atom. The number of allylic oxidation sites excluding steroid dienone is 1. The number of hydrogen-bond acceptors (Lipinski definition) is 4. The Balaban J connectivity index is 2.09. The minimum Gasteiger partial charge on any atom is -0.496 e. The summed E-state index contributed by atoms with van der Waals surface area (Å²) < 4.78 is 15.8. The van der Waals surface area contributed by atoms with Crippen LogP contribution in [0.4, 0.5) is 0 Å². The van der Waals surface area contributed by atoms with E-state index >= 15 is 0 Å². The molecule has 1 heterocycles. The lowest BCUT2D eigenvalue weighted by atomic mass is 10.1. The van der Waals surface area contributed by atoms with Crippen LogP contribution < -0.4 is 14.2 Å². The Labute approximate surface area is 105 Å². The van der Waals surface area contributed by atoms with Gasteiger partial charge in [-0.15, -0.1) is 0 Å². The van der Waals surface area contributed by atoms with Crippen molar-refractivity contribution in [2.24, 2.45) is 0 Å². The largest absolute Gasteiger partial charge is 0.496 e. The van der Waals surface area contributed by atoms with Gasteiger partial charge >= 0.3 is 5.97 Å². The molecular formula is C13H14O5. The second-order valence-corrected chi connectivity index (χ2v) is 3.80. The van der Waals surface area contributed by atoms with E-state index in [4.69, 9.17) is 19.3 Å². The monoisotopic (exact) mass is 250 g/mol. The molecule has 0 saturated heterocycles. The van der Waals surface area contributed by atoms with Crippen LogP contribution in [-0.2, 0) is 11.2 Å². The minimum atomic E-state index is -0.937. The number of carboxylic acid groups (broad SMARTS) is 1. The number of benzene rings is 1. The Kier molecular flexibility index (Phi) is 3.72. The molecule has 0 radical (unpaired) electrons. The number of carbonyl (C=O) groups is 1. The van der Waals surface area contributed by atoms with Crippen molar-refractivity contribution >= 4 is 5.97 Å². The summed E-state index contributed by atoms with van der Waals surface area (Å²) in [7, 11) is 1.59. The van der Waals surface area contributed by atoms with E-state index < -0.39 is 5.97 Å². The van der Waals surface area contributed by atoms with Crippen LogP contribution in [0.2, 0.25) is 0 Å². The fourth-order valence-corrected chi connectivity index (χ4v) is 1.77. The third kappa shape index (κ3) is 2.74. The average Bonchev–Trinajstić information content (AvgIpc) is 2.80. The van der Waals surface area contributed by atoms with Gasteiger partial charge in [0.1, 0.15) is 5.75 Å². The molecule has 5 heteroatoms. The average molecular weight is 250 g/mol. The number of aryl methyl sites for hydroxylation is 1. The van der Waals surface area contributed by atoms with E-state index in [1.807, 2.05) is 6.07 Å². The Hall–Kier alpha value is -2.17. The highest BCUT2D eigenvalue weighted by Crippen LogP contribution is 2.38. The number of carboxylic acids is 1. The number of methoxy groups -OCH3 is 1. The maximum absolute atomic E-state index is 10.3. The number of ether oxygens (including phenoxy) is 3. The van der Waals surface area contributed by atoms with Crippen molar-refractivity contribution in [3.05, 3.63) is 29.8 Å². The van der Waals surface area contributed by atoms with E-state index in [1.165, 1.54) is 0 Å². The lowest BCUT2D eigenvalue weighted by molar-refractivity contribution is -0.131. The highest BCUT2D eigenvalue weighted by Gasteiger charge is 2.17. The van der Waals surface area contributed by atoms with Gasteiger partial charge in [-0.1, -0.05) is 6.08 Å². The molecule has 5 nitrogen and oxygen atoms in total. The van der Waals surface area contributed by atoms with E-state index in [1.54, 1.807) is 19.3 Å². The van der Waals surface area contributed by atoms with Gasteiger partial charge in [0.15, 0.2) is 11.5 Å². The van der Waals surface area contributed by atoms with Gasteiger partial charge in [-0.25, -0.2) is 4.79 Å². The first-order valence-corrected chi connectivity index (χ1v) is 5.56. The van der Waals surface area contributed by atoms with E-state index in [0.29, 0.717) is 24.3 Å². The lowest BCUT2D eigenvalue weighted by Crippen LogP contribution is -1.93. The molecule has 0 aliphatic carbocycles. The summed E-state index contributed by atoms with van der Waals surface area (Å²) in [4.78, 5) is 10.3. The molecule has 1 aromatic rings. The maximum atomic E-state index is 10.3. The molecule has 96 valence electrons. The van der Waals surface area contributed by atoms with Gasteiger partial charge in [0, 0.05) is 12.1 Å². The normalized spacial score (nSPS) is 12.9. The Morgan fingerprint density at radius 1 is 1.44 bits per heavy atom. The Morgan fingerprint density at radius 2 is 2.17 bits per heavy atom. The van der Waals surface area contributed by atoms with Crippen LogP contribution in [0, 0.1) is 0 Å². The van der Waals surface area contributed by atoms with Gasteiger partial charge in [0.05, 0.1) is 7.11 Å². The topological polar surface area (TPSA) is 65.0 Å². The first kappa shape index (κ1) is 12.3. The molecule has 0 spiro atoms. The van der Waals surface area contributed by atoms with Gasteiger partial charge in [0.2, 0.25) is 6.79 Å². The predicted octanol–water partition coefficient (Wildman–Crippen LogP) is 2.00. The summed E-state index contributed by atoms with van der Waals surface area (Å²) in [6.45, 7) is 0.223. The molecule has 0 atom stereocenters. The molecule has 0 saturated carbocycles. The van der Waals surface area contributed by atoms with Crippen molar-refractivity contribution in [2.75, 3.05) is 13.9 Å². The molecule has 0 fully saturated rings.